The fraction of sp³-hybridized carbons (Fsp3) is 0.346. The van der Waals surface area contributed by atoms with Crippen molar-refractivity contribution in [1.29, 1.82) is 0 Å². The number of anilines is 3. The Morgan fingerprint density at radius 1 is 1.11 bits per heavy atom. The van der Waals surface area contributed by atoms with Crippen LogP contribution in [-0.2, 0) is 11.3 Å². The summed E-state index contributed by atoms with van der Waals surface area (Å²) < 4.78 is 11.1. The SMILES string of the molecule is Cc1cc(N2CCOCC2)nc(N(CCCNc2ccnc3cc(Cl)ccc23)Cc2ccco2)n1. The topological polar surface area (TPSA) is 79.5 Å². The average molecular weight is 493 g/mol. The number of furan rings is 1. The van der Waals surface area contributed by atoms with Gasteiger partial charge in [0, 0.05) is 60.2 Å². The molecule has 0 amide bonds. The van der Waals surface area contributed by atoms with Crippen LogP contribution in [0, 0.1) is 6.92 Å². The van der Waals surface area contributed by atoms with Crippen LogP contribution in [0.4, 0.5) is 17.5 Å². The number of ether oxygens (including phenoxy) is 1. The van der Waals surface area contributed by atoms with Gasteiger partial charge in [0.2, 0.25) is 5.95 Å². The average Bonchev–Trinajstić information content (AvgIpc) is 3.39. The van der Waals surface area contributed by atoms with Crippen LogP contribution in [0.1, 0.15) is 17.9 Å². The van der Waals surface area contributed by atoms with E-state index in [9.17, 15) is 0 Å². The first-order chi connectivity index (χ1) is 17.2. The summed E-state index contributed by atoms with van der Waals surface area (Å²) in [7, 11) is 0. The number of pyridine rings is 1. The third kappa shape index (κ3) is 5.83. The largest absolute Gasteiger partial charge is 0.467 e. The molecule has 0 bridgehead atoms. The molecule has 0 aliphatic carbocycles. The Bertz CT molecular complexity index is 1260. The van der Waals surface area contributed by atoms with Crippen LogP contribution in [-0.4, -0.2) is 54.3 Å². The van der Waals surface area contributed by atoms with Crippen molar-refractivity contribution in [2.24, 2.45) is 0 Å². The molecule has 0 spiro atoms. The van der Waals surface area contributed by atoms with Gasteiger partial charge in [0.25, 0.3) is 0 Å². The maximum absolute atomic E-state index is 6.13. The molecule has 1 fully saturated rings. The van der Waals surface area contributed by atoms with E-state index in [4.69, 9.17) is 30.7 Å². The lowest BCUT2D eigenvalue weighted by Gasteiger charge is -2.29. The highest BCUT2D eigenvalue weighted by Crippen LogP contribution is 2.25. The summed E-state index contributed by atoms with van der Waals surface area (Å²) >= 11 is 6.13. The van der Waals surface area contributed by atoms with Crippen LogP contribution >= 0.6 is 11.6 Å². The van der Waals surface area contributed by atoms with Crippen LogP contribution < -0.4 is 15.1 Å². The molecule has 0 atom stereocenters. The number of aryl methyl sites for hydroxylation is 1. The molecule has 4 aromatic rings. The van der Waals surface area contributed by atoms with Crippen LogP contribution in [0.5, 0.6) is 0 Å². The fourth-order valence-electron chi connectivity index (χ4n) is 4.24. The Labute approximate surface area is 209 Å². The van der Waals surface area contributed by atoms with Gasteiger partial charge in [-0.15, -0.1) is 0 Å². The van der Waals surface area contributed by atoms with E-state index in [-0.39, 0.29) is 0 Å². The Balaban J connectivity index is 1.30. The summed E-state index contributed by atoms with van der Waals surface area (Å²) in [6, 6.07) is 13.7. The molecule has 0 saturated carbocycles. The summed E-state index contributed by atoms with van der Waals surface area (Å²) in [5, 5.41) is 5.29. The smallest absolute Gasteiger partial charge is 0.227 e. The molecule has 35 heavy (non-hydrogen) atoms. The Morgan fingerprint density at radius 3 is 2.83 bits per heavy atom. The Hall–Kier alpha value is -3.36. The summed E-state index contributed by atoms with van der Waals surface area (Å²) in [5.41, 5.74) is 2.87. The quantitative estimate of drug-likeness (QED) is 0.330. The number of fused-ring (bicyclic) bond motifs is 1. The molecule has 4 heterocycles. The number of hydrogen-bond acceptors (Lipinski definition) is 8. The molecule has 1 aliphatic heterocycles. The molecule has 1 aromatic carbocycles. The predicted molar refractivity (Wildman–Crippen MR) is 139 cm³/mol. The van der Waals surface area contributed by atoms with Crippen molar-refractivity contribution in [3.63, 3.8) is 0 Å². The third-order valence-electron chi connectivity index (χ3n) is 6.00. The van der Waals surface area contributed by atoms with Crippen LogP contribution in [0.2, 0.25) is 5.02 Å². The number of hydrogen-bond donors (Lipinski definition) is 1. The predicted octanol–water partition coefficient (Wildman–Crippen LogP) is 4.93. The molecule has 0 radical (unpaired) electrons. The van der Waals surface area contributed by atoms with Gasteiger partial charge < -0.3 is 24.3 Å². The van der Waals surface area contributed by atoms with Crippen molar-refractivity contribution in [3.05, 3.63) is 71.4 Å². The lowest BCUT2D eigenvalue weighted by molar-refractivity contribution is 0.122. The van der Waals surface area contributed by atoms with Crippen molar-refractivity contribution < 1.29 is 9.15 Å². The van der Waals surface area contributed by atoms with E-state index in [1.54, 1.807) is 12.5 Å². The van der Waals surface area contributed by atoms with Gasteiger partial charge >= 0.3 is 0 Å². The minimum absolute atomic E-state index is 0.607. The third-order valence-corrected chi connectivity index (χ3v) is 6.23. The number of nitrogens with zero attached hydrogens (tertiary/aromatic N) is 5. The zero-order valence-electron chi connectivity index (χ0n) is 19.8. The van der Waals surface area contributed by atoms with Crippen molar-refractivity contribution in [3.8, 4) is 0 Å². The van der Waals surface area contributed by atoms with Gasteiger partial charge in [0.15, 0.2) is 0 Å². The molecular weight excluding hydrogens is 464 g/mol. The van der Waals surface area contributed by atoms with E-state index in [1.165, 1.54) is 0 Å². The standard InChI is InChI=1S/C26H29ClN6O2/c1-19-16-25(32-11-14-34-15-12-32)31-26(30-19)33(18-21-4-2-13-35-21)10-3-8-28-23-7-9-29-24-17-20(27)5-6-22(23)24/h2,4-7,9,13,16-17H,3,8,10-12,14-15,18H2,1H3,(H,28,29). The van der Waals surface area contributed by atoms with Crippen LogP contribution in [0.15, 0.2) is 59.3 Å². The second-order valence-electron chi connectivity index (χ2n) is 8.57. The maximum Gasteiger partial charge on any atom is 0.227 e. The Morgan fingerprint density at radius 2 is 2.00 bits per heavy atom. The number of morpholine rings is 1. The highest BCUT2D eigenvalue weighted by atomic mass is 35.5. The summed E-state index contributed by atoms with van der Waals surface area (Å²) in [6.07, 6.45) is 4.40. The monoisotopic (exact) mass is 492 g/mol. The number of rotatable bonds is 9. The van der Waals surface area contributed by atoms with Gasteiger partial charge in [-0.2, -0.15) is 4.98 Å². The van der Waals surface area contributed by atoms with Crippen molar-refractivity contribution in [2.75, 3.05) is 54.5 Å². The van der Waals surface area contributed by atoms with Crippen LogP contribution in [0.3, 0.4) is 0 Å². The molecule has 5 rings (SSSR count). The van der Waals surface area contributed by atoms with Gasteiger partial charge in [0.1, 0.15) is 11.6 Å². The zero-order valence-corrected chi connectivity index (χ0v) is 20.5. The molecule has 3 aromatic heterocycles. The summed E-state index contributed by atoms with van der Waals surface area (Å²) in [4.78, 5) is 18.6. The van der Waals surface area contributed by atoms with Gasteiger partial charge in [-0.25, -0.2) is 4.98 Å². The maximum atomic E-state index is 6.13. The van der Waals surface area contributed by atoms with E-state index < -0.39 is 0 Å². The summed E-state index contributed by atoms with van der Waals surface area (Å²) in [6.45, 7) is 7.30. The molecule has 0 unspecified atom stereocenters. The molecular formula is C26H29ClN6O2. The van der Waals surface area contributed by atoms with E-state index in [0.29, 0.717) is 17.5 Å². The highest BCUT2D eigenvalue weighted by molar-refractivity contribution is 6.31. The zero-order chi connectivity index (χ0) is 24.0. The molecule has 1 aliphatic rings. The van der Waals surface area contributed by atoms with Gasteiger partial charge in [-0.1, -0.05) is 11.6 Å². The van der Waals surface area contributed by atoms with E-state index in [1.807, 2.05) is 49.4 Å². The van der Waals surface area contributed by atoms with Crippen LogP contribution in [0.25, 0.3) is 10.9 Å². The number of aromatic nitrogens is 3. The second kappa shape index (κ2) is 10.9. The minimum atomic E-state index is 0.607. The molecule has 182 valence electrons. The fourth-order valence-corrected chi connectivity index (χ4v) is 4.41. The first-order valence-electron chi connectivity index (χ1n) is 11.9. The normalized spacial score (nSPS) is 13.8. The van der Waals surface area contributed by atoms with Crippen molar-refractivity contribution >= 4 is 40.0 Å². The minimum Gasteiger partial charge on any atom is -0.467 e. The van der Waals surface area contributed by atoms with Crippen molar-refractivity contribution in [1.82, 2.24) is 15.0 Å². The molecule has 1 N–H and O–H groups in total. The van der Waals surface area contributed by atoms with Crippen molar-refractivity contribution in [2.45, 2.75) is 19.9 Å². The van der Waals surface area contributed by atoms with Gasteiger partial charge in [-0.3, -0.25) is 4.98 Å². The van der Waals surface area contributed by atoms with E-state index >= 15 is 0 Å². The molecule has 8 nitrogen and oxygen atoms in total. The van der Waals surface area contributed by atoms with Gasteiger partial charge in [-0.05, 0) is 49.7 Å². The highest BCUT2D eigenvalue weighted by Gasteiger charge is 2.18. The molecule has 1 saturated heterocycles. The first-order valence-corrected chi connectivity index (χ1v) is 12.3. The molecule has 9 heteroatoms. The number of halogens is 1. The van der Waals surface area contributed by atoms with E-state index in [2.05, 4.69) is 20.1 Å². The van der Waals surface area contributed by atoms with Gasteiger partial charge in [0.05, 0.1) is 31.5 Å². The summed E-state index contributed by atoms with van der Waals surface area (Å²) in [5.74, 6) is 2.54. The van der Waals surface area contributed by atoms with E-state index in [0.717, 1.165) is 79.7 Å². The lowest BCUT2D eigenvalue weighted by Crippen LogP contribution is -2.37. The second-order valence-corrected chi connectivity index (χ2v) is 9.00. The Kier molecular flexibility index (Phi) is 7.30. The number of benzene rings is 1. The lowest BCUT2D eigenvalue weighted by atomic mass is 10.2. The number of nitrogens with one attached hydrogen (secondary N) is 1. The first kappa shape index (κ1) is 23.4.